The predicted molar refractivity (Wildman–Crippen MR) is 108 cm³/mol. The molecule has 146 valence electrons. The molecule has 2 heterocycles. The number of hydrogen-bond acceptors (Lipinski definition) is 6. The van der Waals surface area contributed by atoms with Crippen LogP contribution in [-0.2, 0) is 0 Å². The summed E-state index contributed by atoms with van der Waals surface area (Å²) in [5, 5.41) is 23.2. The van der Waals surface area contributed by atoms with E-state index in [1.807, 2.05) is 12.1 Å². The SMILES string of the molecule is N#Cc1cc(C(=O)NN=Cc2cccc3c2ccn3C(=O)c2ccoc2)ccc1O. The molecule has 0 saturated carbocycles. The fraction of sp³-hybridized carbons (Fsp3) is 0. The summed E-state index contributed by atoms with van der Waals surface area (Å²) in [5.41, 5.74) is 4.41. The highest BCUT2D eigenvalue weighted by molar-refractivity contribution is 6.06. The Labute approximate surface area is 170 Å². The molecule has 4 rings (SSSR count). The molecule has 1 amide bonds. The zero-order chi connectivity index (χ0) is 21.1. The van der Waals surface area contributed by atoms with Crippen LogP contribution < -0.4 is 5.43 Å². The number of nitrogens with zero attached hydrogens (tertiary/aromatic N) is 3. The van der Waals surface area contributed by atoms with Gasteiger partial charge in [-0.2, -0.15) is 10.4 Å². The van der Waals surface area contributed by atoms with Crippen molar-refractivity contribution in [2.24, 2.45) is 5.10 Å². The minimum atomic E-state index is -0.525. The molecular formula is C22H14N4O4. The van der Waals surface area contributed by atoms with Gasteiger partial charge in [-0.25, -0.2) is 5.43 Å². The Kier molecular flexibility index (Phi) is 4.85. The molecule has 2 aromatic carbocycles. The normalized spacial score (nSPS) is 10.9. The first-order valence-corrected chi connectivity index (χ1v) is 8.82. The summed E-state index contributed by atoms with van der Waals surface area (Å²) >= 11 is 0. The van der Waals surface area contributed by atoms with Gasteiger partial charge in [0, 0.05) is 22.7 Å². The molecule has 0 atom stereocenters. The van der Waals surface area contributed by atoms with E-state index in [-0.39, 0.29) is 22.8 Å². The number of aromatic hydroxyl groups is 1. The summed E-state index contributed by atoms with van der Waals surface area (Å²) in [6, 6.07) is 14.5. The van der Waals surface area contributed by atoms with Crippen molar-refractivity contribution in [2.75, 3.05) is 0 Å². The molecule has 0 radical (unpaired) electrons. The van der Waals surface area contributed by atoms with Crippen LogP contribution in [0.3, 0.4) is 0 Å². The van der Waals surface area contributed by atoms with E-state index in [4.69, 9.17) is 9.68 Å². The first-order valence-electron chi connectivity index (χ1n) is 8.82. The summed E-state index contributed by atoms with van der Waals surface area (Å²) < 4.78 is 6.49. The van der Waals surface area contributed by atoms with E-state index in [1.54, 1.807) is 30.5 Å². The second-order valence-electron chi connectivity index (χ2n) is 6.33. The number of fused-ring (bicyclic) bond motifs is 1. The van der Waals surface area contributed by atoms with E-state index in [0.29, 0.717) is 16.6 Å². The van der Waals surface area contributed by atoms with Gasteiger partial charge in [0.2, 0.25) is 0 Å². The maximum Gasteiger partial charge on any atom is 0.271 e. The Morgan fingerprint density at radius 3 is 2.80 bits per heavy atom. The highest BCUT2D eigenvalue weighted by atomic mass is 16.3. The topological polar surface area (TPSA) is 121 Å². The lowest BCUT2D eigenvalue weighted by molar-refractivity contribution is 0.0950. The Bertz CT molecular complexity index is 1330. The number of amides is 1. The number of furan rings is 1. The number of aromatic nitrogens is 1. The third kappa shape index (κ3) is 3.43. The molecule has 0 fully saturated rings. The van der Waals surface area contributed by atoms with Gasteiger partial charge in [-0.05, 0) is 36.4 Å². The Morgan fingerprint density at radius 2 is 2.03 bits per heavy atom. The lowest BCUT2D eigenvalue weighted by Crippen LogP contribution is -2.17. The molecule has 2 N–H and O–H groups in total. The Morgan fingerprint density at radius 1 is 1.17 bits per heavy atom. The lowest BCUT2D eigenvalue weighted by Gasteiger charge is -2.04. The minimum Gasteiger partial charge on any atom is -0.507 e. The van der Waals surface area contributed by atoms with Gasteiger partial charge in [0.1, 0.15) is 18.1 Å². The van der Waals surface area contributed by atoms with Crippen molar-refractivity contribution in [1.29, 1.82) is 5.26 Å². The number of nitrogens with one attached hydrogen (secondary N) is 1. The first-order chi connectivity index (χ1) is 14.6. The van der Waals surface area contributed by atoms with Crippen molar-refractivity contribution in [3.8, 4) is 11.8 Å². The van der Waals surface area contributed by atoms with Gasteiger partial charge in [0.15, 0.2) is 0 Å². The number of phenolic OH excluding ortho intramolecular Hbond substituents is 1. The minimum absolute atomic E-state index is 0.0000247. The molecule has 0 unspecified atom stereocenters. The fourth-order valence-corrected chi connectivity index (χ4v) is 3.00. The van der Waals surface area contributed by atoms with E-state index < -0.39 is 5.91 Å². The molecule has 4 aromatic rings. The van der Waals surface area contributed by atoms with Crippen molar-refractivity contribution in [1.82, 2.24) is 9.99 Å². The maximum absolute atomic E-state index is 12.6. The van der Waals surface area contributed by atoms with Crippen LogP contribution in [0.15, 0.2) is 76.8 Å². The van der Waals surface area contributed by atoms with Crippen LogP contribution in [-0.4, -0.2) is 27.7 Å². The van der Waals surface area contributed by atoms with Crippen molar-refractivity contribution >= 4 is 28.9 Å². The predicted octanol–water partition coefficient (Wildman–Crippen LogP) is 3.26. The van der Waals surface area contributed by atoms with Crippen LogP contribution in [0.25, 0.3) is 10.9 Å². The zero-order valence-electron chi connectivity index (χ0n) is 15.4. The fourth-order valence-electron chi connectivity index (χ4n) is 3.00. The number of hydrogen-bond donors (Lipinski definition) is 2. The number of hydrazone groups is 1. The molecule has 0 aliphatic heterocycles. The first kappa shape index (κ1) is 18.7. The van der Waals surface area contributed by atoms with Crippen LogP contribution in [0.5, 0.6) is 5.75 Å². The van der Waals surface area contributed by atoms with Crippen LogP contribution in [0.2, 0.25) is 0 Å². The summed E-state index contributed by atoms with van der Waals surface area (Å²) in [4.78, 5) is 24.8. The highest BCUT2D eigenvalue weighted by Gasteiger charge is 2.14. The molecule has 30 heavy (non-hydrogen) atoms. The van der Waals surface area contributed by atoms with Crippen molar-refractivity contribution in [2.45, 2.75) is 0 Å². The largest absolute Gasteiger partial charge is 0.507 e. The number of carbonyl (C=O) groups is 2. The van der Waals surface area contributed by atoms with Gasteiger partial charge in [0.25, 0.3) is 11.8 Å². The van der Waals surface area contributed by atoms with Gasteiger partial charge in [0.05, 0.1) is 29.1 Å². The Hall–Kier alpha value is -4.64. The van der Waals surface area contributed by atoms with Crippen LogP contribution in [0.4, 0.5) is 0 Å². The van der Waals surface area contributed by atoms with Gasteiger partial charge in [-0.1, -0.05) is 12.1 Å². The van der Waals surface area contributed by atoms with E-state index in [9.17, 15) is 14.7 Å². The molecule has 8 heteroatoms. The smallest absolute Gasteiger partial charge is 0.271 e. The zero-order valence-corrected chi connectivity index (χ0v) is 15.4. The number of carbonyl (C=O) groups excluding carboxylic acids is 2. The Balaban J connectivity index is 1.56. The molecule has 0 bridgehead atoms. The van der Waals surface area contributed by atoms with Gasteiger partial charge >= 0.3 is 0 Å². The van der Waals surface area contributed by atoms with Gasteiger partial charge in [-0.15, -0.1) is 0 Å². The van der Waals surface area contributed by atoms with Gasteiger partial charge < -0.3 is 9.52 Å². The summed E-state index contributed by atoms with van der Waals surface area (Å²) in [7, 11) is 0. The van der Waals surface area contributed by atoms with Crippen LogP contribution in [0.1, 0.15) is 31.8 Å². The highest BCUT2D eigenvalue weighted by Crippen LogP contribution is 2.21. The number of phenols is 1. The molecule has 8 nitrogen and oxygen atoms in total. The number of benzene rings is 2. The average molecular weight is 398 g/mol. The van der Waals surface area contributed by atoms with E-state index in [0.717, 1.165) is 5.39 Å². The number of nitriles is 1. The molecule has 0 spiro atoms. The van der Waals surface area contributed by atoms with Crippen molar-refractivity contribution in [3.05, 3.63) is 89.5 Å². The van der Waals surface area contributed by atoms with E-state index >= 15 is 0 Å². The standard InChI is InChI=1S/C22H14N4O4/c23-11-17-10-14(4-5-20(17)27)21(28)25-24-12-15-2-1-3-19-18(15)6-8-26(19)22(29)16-7-9-30-13-16/h1-10,12-13,27H,(H,25,28). The quantitative estimate of drug-likeness (QED) is 0.404. The summed E-state index contributed by atoms with van der Waals surface area (Å²) in [5.74, 6) is -0.942. The summed E-state index contributed by atoms with van der Waals surface area (Å²) in [6.07, 6.45) is 5.96. The number of rotatable bonds is 4. The van der Waals surface area contributed by atoms with Crippen LogP contribution in [0, 0.1) is 11.3 Å². The van der Waals surface area contributed by atoms with E-state index in [2.05, 4.69) is 10.5 Å². The monoisotopic (exact) mass is 398 g/mol. The van der Waals surface area contributed by atoms with Crippen molar-refractivity contribution < 1.29 is 19.1 Å². The molecule has 2 aromatic heterocycles. The van der Waals surface area contributed by atoms with Crippen molar-refractivity contribution in [3.63, 3.8) is 0 Å². The molecule has 0 aliphatic carbocycles. The maximum atomic E-state index is 12.6. The molecule has 0 saturated heterocycles. The summed E-state index contributed by atoms with van der Waals surface area (Å²) in [6.45, 7) is 0. The second-order valence-corrected chi connectivity index (χ2v) is 6.33. The lowest BCUT2D eigenvalue weighted by atomic mass is 10.1. The third-order valence-electron chi connectivity index (χ3n) is 4.50. The molecular weight excluding hydrogens is 384 g/mol. The van der Waals surface area contributed by atoms with Crippen LogP contribution >= 0.6 is 0 Å². The third-order valence-corrected chi connectivity index (χ3v) is 4.50. The van der Waals surface area contributed by atoms with Gasteiger partial charge in [-0.3, -0.25) is 14.2 Å². The average Bonchev–Trinajstić information content (AvgIpc) is 3.44. The van der Waals surface area contributed by atoms with E-state index in [1.165, 1.54) is 41.5 Å². The molecule has 0 aliphatic rings. The second kappa shape index (κ2) is 7.77.